The molecule has 0 saturated heterocycles. The number of hydrogen-bond acceptors (Lipinski definition) is 3. The number of aromatic nitrogens is 3. The number of aryl methyl sites for hydroxylation is 1. The third-order valence-corrected chi connectivity index (χ3v) is 4.12. The van der Waals surface area contributed by atoms with Gasteiger partial charge in [0.1, 0.15) is 6.33 Å². The smallest absolute Gasteiger partial charge is 0.224 e. The zero-order valence-corrected chi connectivity index (χ0v) is 12.7. The maximum absolute atomic E-state index is 12.1. The Hall–Kier alpha value is -1.69. The van der Waals surface area contributed by atoms with E-state index in [1.165, 1.54) is 5.56 Å². The Morgan fingerprint density at radius 1 is 1.55 bits per heavy atom. The van der Waals surface area contributed by atoms with Crippen LogP contribution in [0.1, 0.15) is 23.7 Å². The lowest BCUT2D eigenvalue weighted by molar-refractivity contribution is -0.122. The minimum absolute atomic E-state index is 0.0810. The number of rotatable bonds is 4. The molecule has 0 unspecified atom stereocenters. The van der Waals surface area contributed by atoms with Gasteiger partial charge in [-0.3, -0.25) is 4.79 Å². The Bertz CT molecular complexity index is 640. The molecule has 20 heavy (non-hydrogen) atoms. The number of nitrogens with zero attached hydrogens (tertiary/aromatic N) is 3. The maximum Gasteiger partial charge on any atom is 0.224 e. The minimum Gasteiger partial charge on any atom is -0.349 e. The predicted octanol–water partition coefficient (Wildman–Crippen LogP) is 2.00. The molecule has 2 atom stereocenters. The van der Waals surface area contributed by atoms with Crippen LogP contribution in [0, 0.1) is 5.92 Å². The van der Waals surface area contributed by atoms with E-state index in [-0.39, 0.29) is 11.8 Å². The highest BCUT2D eigenvalue weighted by Crippen LogP contribution is 2.47. The summed E-state index contributed by atoms with van der Waals surface area (Å²) in [5, 5.41) is 10.7. The molecule has 1 saturated carbocycles. The van der Waals surface area contributed by atoms with Gasteiger partial charge in [0.15, 0.2) is 5.82 Å². The molecule has 2 aromatic rings. The van der Waals surface area contributed by atoms with Gasteiger partial charge in [-0.25, -0.2) is 0 Å². The average Bonchev–Trinajstić information content (AvgIpc) is 3.13. The predicted molar refractivity (Wildman–Crippen MR) is 77.8 cm³/mol. The summed E-state index contributed by atoms with van der Waals surface area (Å²) in [6, 6.07) is 8.16. The van der Waals surface area contributed by atoms with Crippen molar-refractivity contribution in [3.8, 4) is 0 Å². The van der Waals surface area contributed by atoms with Crippen LogP contribution in [-0.4, -0.2) is 20.7 Å². The average molecular weight is 335 g/mol. The van der Waals surface area contributed by atoms with Crippen molar-refractivity contribution in [2.45, 2.75) is 18.9 Å². The standard InChI is InChI=1S/C14H15BrN4O/c1-19-8-17-18-13(19)7-16-14(20)12-6-11(12)9-3-2-4-10(15)5-9/h2-5,8,11-12H,6-7H2,1H3,(H,16,20)/t11-,12-/m0/s1. The number of nitrogens with one attached hydrogen (secondary N) is 1. The van der Waals surface area contributed by atoms with Crippen molar-refractivity contribution in [2.75, 3.05) is 0 Å². The first kappa shape index (κ1) is 13.3. The van der Waals surface area contributed by atoms with Gasteiger partial charge in [0.2, 0.25) is 5.91 Å². The van der Waals surface area contributed by atoms with Crippen LogP contribution in [0.2, 0.25) is 0 Å². The van der Waals surface area contributed by atoms with E-state index in [0.29, 0.717) is 12.5 Å². The van der Waals surface area contributed by atoms with Gasteiger partial charge in [-0.15, -0.1) is 10.2 Å². The molecule has 104 valence electrons. The summed E-state index contributed by atoms with van der Waals surface area (Å²) in [5.41, 5.74) is 1.22. The van der Waals surface area contributed by atoms with Crippen LogP contribution in [0.25, 0.3) is 0 Å². The van der Waals surface area contributed by atoms with E-state index in [4.69, 9.17) is 0 Å². The Morgan fingerprint density at radius 2 is 2.40 bits per heavy atom. The number of carbonyl (C=O) groups is 1. The molecule has 1 heterocycles. The molecule has 1 aliphatic carbocycles. The fourth-order valence-corrected chi connectivity index (χ4v) is 2.77. The lowest BCUT2D eigenvalue weighted by atomic mass is 10.1. The molecular formula is C14H15BrN4O. The van der Waals surface area contributed by atoms with E-state index in [0.717, 1.165) is 16.7 Å². The van der Waals surface area contributed by atoms with Gasteiger partial charge in [0, 0.05) is 17.4 Å². The normalized spacial score (nSPS) is 20.7. The Kier molecular flexibility index (Phi) is 3.56. The van der Waals surface area contributed by atoms with Crippen LogP contribution in [0.5, 0.6) is 0 Å². The van der Waals surface area contributed by atoms with Gasteiger partial charge in [-0.2, -0.15) is 0 Å². The highest BCUT2D eigenvalue weighted by Gasteiger charge is 2.43. The van der Waals surface area contributed by atoms with E-state index >= 15 is 0 Å². The van der Waals surface area contributed by atoms with Crippen LogP contribution in [0.3, 0.4) is 0 Å². The van der Waals surface area contributed by atoms with Crippen molar-refractivity contribution in [1.82, 2.24) is 20.1 Å². The topological polar surface area (TPSA) is 59.8 Å². The summed E-state index contributed by atoms with van der Waals surface area (Å²) >= 11 is 3.46. The van der Waals surface area contributed by atoms with Gasteiger partial charge >= 0.3 is 0 Å². The van der Waals surface area contributed by atoms with E-state index in [1.54, 1.807) is 10.9 Å². The van der Waals surface area contributed by atoms with Gasteiger partial charge in [0.05, 0.1) is 6.54 Å². The van der Waals surface area contributed by atoms with Crippen molar-refractivity contribution in [1.29, 1.82) is 0 Å². The SMILES string of the molecule is Cn1cnnc1CNC(=O)[C@H]1C[C@H]1c1cccc(Br)c1. The Labute approximate surface area is 125 Å². The van der Waals surface area contributed by atoms with Gasteiger partial charge in [-0.1, -0.05) is 28.1 Å². The zero-order chi connectivity index (χ0) is 14.1. The molecule has 5 nitrogen and oxygen atoms in total. The third-order valence-electron chi connectivity index (χ3n) is 3.63. The lowest BCUT2D eigenvalue weighted by Gasteiger charge is -2.05. The molecule has 1 aliphatic rings. The molecule has 1 aromatic heterocycles. The molecule has 0 radical (unpaired) electrons. The summed E-state index contributed by atoms with van der Waals surface area (Å²) in [7, 11) is 1.86. The molecule has 0 bridgehead atoms. The zero-order valence-electron chi connectivity index (χ0n) is 11.1. The quantitative estimate of drug-likeness (QED) is 0.930. The molecule has 0 spiro atoms. The van der Waals surface area contributed by atoms with Crippen molar-refractivity contribution in [2.24, 2.45) is 13.0 Å². The number of amides is 1. The minimum atomic E-state index is 0.0810. The molecule has 0 aliphatic heterocycles. The molecule has 1 fully saturated rings. The van der Waals surface area contributed by atoms with Crippen molar-refractivity contribution in [3.63, 3.8) is 0 Å². The number of hydrogen-bond donors (Lipinski definition) is 1. The first-order valence-electron chi connectivity index (χ1n) is 6.51. The number of benzene rings is 1. The van der Waals surface area contributed by atoms with Crippen LogP contribution >= 0.6 is 15.9 Å². The molecule has 1 aromatic carbocycles. The second-order valence-electron chi connectivity index (χ2n) is 5.08. The van der Waals surface area contributed by atoms with E-state index in [9.17, 15) is 4.79 Å². The van der Waals surface area contributed by atoms with E-state index < -0.39 is 0 Å². The maximum atomic E-state index is 12.1. The van der Waals surface area contributed by atoms with Crippen molar-refractivity contribution in [3.05, 3.63) is 46.5 Å². The fourth-order valence-electron chi connectivity index (χ4n) is 2.35. The van der Waals surface area contributed by atoms with E-state index in [2.05, 4.69) is 43.6 Å². The molecular weight excluding hydrogens is 320 g/mol. The lowest BCUT2D eigenvalue weighted by Crippen LogP contribution is -2.26. The Balaban J connectivity index is 1.56. The summed E-state index contributed by atoms with van der Waals surface area (Å²) in [6.45, 7) is 0.428. The third kappa shape index (κ3) is 2.75. The Morgan fingerprint density at radius 3 is 3.10 bits per heavy atom. The largest absolute Gasteiger partial charge is 0.349 e. The first-order chi connectivity index (χ1) is 9.65. The molecule has 6 heteroatoms. The highest BCUT2D eigenvalue weighted by molar-refractivity contribution is 9.10. The fraction of sp³-hybridized carbons (Fsp3) is 0.357. The highest BCUT2D eigenvalue weighted by atomic mass is 79.9. The van der Waals surface area contributed by atoms with E-state index in [1.807, 2.05) is 19.2 Å². The van der Waals surface area contributed by atoms with Gasteiger partial charge in [0.25, 0.3) is 0 Å². The van der Waals surface area contributed by atoms with Gasteiger partial charge in [-0.05, 0) is 30.0 Å². The second kappa shape index (κ2) is 5.36. The molecule has 1 amide bonds. The first-order valence-corrected chi connectivity index (χ1v) is 7.30. The summed E-state index contributed by atoms with van der Waals surface area (Å²) in [5.74, 6) is 1.28. The van der Waals surface area contributed by atoms with Crippen LogP contribution in [0.15, 0.2) is 35.1 Å². The monoisotopic (exact) mass is 334 g/mol. The number of halogens is 1. The van der Waals surface area contributed by atoms with Crippen LogP contribution in [0.4, 0.5) is 0 Å². The number of carbonyl (C=O) groups excluding carboxylic acids is 1. The van der Waals surface area contributed by atoms with Crippen LogP contribution < -0.4 is 5.32 Å². The van der Waals surface area contributed by atoms with Gasteiger partial charge < -0.3 is 9.88 Å². The summed E-state index contributed by atoms with van der Waals surface area (Å²) < 4.78 is 2.86. The second-order valence-corrected chi connectivity index (χ2v) is 6.00. The van der Waals surface area contributed by atoms with Crippen LogP contribution in [-0.2, 0) is 18.4 Å². The summed E-state index contributed by atoms with van der Waals surface area (Å²) in [4.78, 5) is 12.1. The van der Waals surface area contributed by atoms with Crippen molar-refractivity contribution < 1.29 is 4.79 Å². The van der Waals surface area contributed by atoms with Crippen molar-refractivity contribution >= 4 is 21.8 Å². The summed E-state index contributed by atoms with van der Waals surface area (Å²) in [6.07, 6.45) is 2.55. The molecule has 3 rings (SSSR count). The molecule has 1 N–H and O–H groups in total.